The summed E-state index contributed by atoms with van der Waals surface area (Å²) in [4.78, 5) is 0. The van der Waals surface area contributed by atoms with Gasteiger partial charge in [-0.1, -0.05) is 305 Å². The van der Waals surface area contributed by atoms with Crippen LogP contribution in [0.3, 0.4) is 0 Å². The third-order valence-electron chi connectivity index (χ3n) is 12.5. The molecule has 0 aliphatic carbocycles. The van der Waals surface area contributed by atoms with E-state index in [-0.39, 0.29) is 43.7 Å². The summed E-state index contributed by atoms with van der Waals surface area (Å²) in [7, 11) is 0. The van der Waals surface area contributed by atoms with E-state index in [0.717, 1.165) is 17.0 Å². The molecule has 6 aromatic carbocycles. The Kier molecular flexibility index (Phi) is 25.2. The van der Waals surface area contributed by atoms with E-state index >= 15 is 0 Å². The van der Waals surface area contributed by atoms with Crippen molar-refractivity contribution in [2.75, 3.05) is 0 Å². The Hall–Kier alpha value is -4.46. The highest BCUT2D eigenvalue weighted by atomic mass is 35.5. The summed E-state index contributed by atoms with van der Waals surface area (Å²) in [6.07, 6.45) is 1.13. The van der Waals surface area contributed by atoms with Crippen LogP contribution < -0.4 is 0 Å². The summed E-state index contributed by atoms with van der Waals surface area (Å²) >= 11 is 5.85. The molecule has 6 rings (SSSR count). The number of hydrogen-bond acceptors (Lipinski definition) is 0. The van der Waals surface area contributed by atoms with Crippen molar-refractivity contribution < 1.29 is 4.39 Å². The molecule has 6 aromatic rings. The summed E-state index contributed by atoms with van der Waals surface area (Å²) < 4.78 is 12.7. The molecule has 0 aliphatic heterocycles. The van der Waals surface area contributed by atoms with Gasteiger partial charge in [-0.2, -0.15) is 0 Å². The van der Waals surface area contributed by atoms with Crippen LogP contribution in [0.2, 0.25) is 5.02 Å². The SMILES string of the molecule is CC(C)(C)c1cccc(C(C)(C)C)c1.CC(C)(C)c1cccc(Cl)c1.CC(C)(C)c1cccc(F)c1.CC(C)c1cccc(C(C)(C)C)c1.CCc1cccc(C(C)(C)C)c1.Cc1cccc(C(C)(C)C)c1. The fourth-order valence-electron chi connectivity index (χ4n) is 7.10. The third kappa shape index (κ3) is 25.5. The van der Waals surface area contributed by atoms with E-state index in [0.29, 0.717) is 5.92 Å². The van der Waals surface area contributed by atoms with Gasteiger partial charge in [0.15, 0.2) is 0 Å². The fourth-order valence-corrected chi connectivity index (χ4v) is 7.29. The lowest BCUT2D eigenvalue weighted by molar-refractivity contribution is 0.568. The van der Waals surface area contributed by atoms with Gasteiger partial charge in [0.1, 0.15) is 5.82 Å². The molecule has 0 atom stereocenters. The zero-order chi connectivity index (χ0) is 55.7. The van der Waals surface area contributed by atoms with Gasteiger partial charge in [-0.15, -0.1) is 0 Å². The second-order valence-corrected chi connectivity index (χ2v) is 27.5. The van der Waals surface area contributed by atoms with E-state index in [9.17, 15) is 4.39 Å². The van der Waals surface area contributed by atoms with E-state index in [1.165, 1.54) is 56.1 Å². The topological polar surface area (TPSA) is 0 Å². The average molecular weight is 998 g/mol. The van der Waals surface area contributed by atoms with Crippen LogP contribution in [-0.4, -0.2) is 0 Å². The average Bonchev–Trinajstić information content (AvgIpc) is 3.26. The van der Waals surface area contributed by atoms with E-state index in [4.69, 9.17) is 11.6 Å². The standard InChI is InChI=1S/C14H22.C13H20.C12H18.C11H16.C10H13Cl.C10H13F/c1-13(2,3)11-8-7-9-12(10-11)14(4,5)6;1-10(2)11-7-6-8-12(9-11)13(3,4)5;1-5-10-7-6-8-11(9-10)12(2,3)4;1-9-6-5-7-10(8-9)11(2,3)4;2*1-10(2,3)8-5-4-6-9(11)7-8/h7-10H,1-6H3;6-10H,1-5H3;6-9H,5H2,1-4H3;5-8H,1-4H3;2*4-7H,1-3H3. The molecular weight excluding hydrogens is 895 g/mol. The Morgan fingerprint density at radius 3 is 0.986 bits per heavy atom. The molecular formula is C70H102ClF. The maximum atomic E-state index is 12.7. The van der Waals surface area contributed by atoms with Crippen LogP contribution in [0.1, 0.15) is 228 Å². The summed E-state index contributed by atoms with van der Waals surface area (Å²) in [6, 6.07) is 50.1. The van der Waals surface area contributed by atoms with Gasteiger partial charge < -0.3 is 0 Å². The van der Waals surface area contributed by atoms with Crippen molar-refractivity contribution in [3.05, 3.63) is 212 Å². The lowest BCUT2D eigenvalue weighted by Gasteiger charge is -2.24. The van der Waals surface area contributed by atoms with E-state index < -0.39 is 0 Å². The zero-order valence-corrected chi connectivity index (χ0v) is 51.2. The summed E-state index contributed by atoms with van der Waals surface area (Å²) in [6.45, 7) is 55.3. The largest absolute Gasteiger partial charge is 0.207 e. The van der Waals surface area contributed by atoms with Crippen LogP contribution >= 0.6 is 11.6 Å². The van der Waals surface area contributed by atoms with Crippen molar-refractivity contribution in [3.8, 4) is 0 Å². The third-order valence-corrected chi connectivity index (χ3v) is 12.7. The van der Waals surface area contributed by atoms with Gasteiger partial charge in [0.05, 0.1) is 0 Å². The van der Waals surface area contributed by atoms with Gasteiger partial charge in [0.25, 0.3) is 0 Å². The molecule has 0 unspecified atom stereocenters. The Balaban J connectivity index is 0.000000433. The van der Waals surface area contributed by atoms with Gasteiger partial charge in [-0.05, 0) is 132 Å². The molecule has 0 aliphatic rings. The molecule has 0 aromatic heterocycles. The van der Waals surface area contributed by atoms with Crippen molar-refractivity contribution in [2.24, 2.45) is 0 Å². The first-order valence-corrected chi connectivity index (χ1v) is 26.9. The quantitative estimate of drug-likeness (QED) is 0.162. The second kappa shape index (κ2) is 27.7. The molecule has 0 saturated heterocycles. The molecule has 0 N–H and O–H groups in total. The first kappa shape index (κ1) is 65.6. The van der Waals surface area contributed by atoms with E-state index in [2.05, 4.69) is 276 Å². The Morgan fingerprint density at radius 2 is 0.667 bits per heavy atom. The van der Waals surface area contributed by atoms with Crippen molar-refractivity contribution in [1.82, 2.24) is 0 Å². The molecule has 0 bridgehead atoms. The predicted molar refractivity (Wildman–Crippen MR) is 323 cm³/mol. The molecule has 0 spiro atoms. The molecule has 0 nitrogen and oxygen atoms in total. The molecule has 0 radical (unpaired) electrons. The normalized spacial score (nSPS) is 12.0. The maximum Gasteiger partial charge on any atom is 0.123 e. The summed E-state index contributed by atoms with van der Waals surface area (Å²) in [5.74, 6) is 0.472. The number of aryl methyl sites for hydroxylation is 2. The number of hydrogen-bond donors (Lipinski definition) is 0. The molecule has 72 heavy (non-hydrogen) atoms. The molecule has 0 amide bonds. The maximum absolute atomic E-state index is 12.7. The smallest absolute Gasteiger partial charge is 0.123 e. The zero-order valence-electron chi connectivity index (χ0n) is 50.4. The van der Waals surface area contributed by atoms with Gasteiger partial charge in [0, 0.05) is 5.02 Å². The van der Waals surface area contributed by atoms with Crippen molar-refractivity contribution in [2.45, 2.75) is 223 Å². The second-order valence-electron chi connectivity index (χ2n) is 27.1. The van der Waals surface area contributed by atoms with Crippen molar-refractivity contribution >= 4 is 11.6 Å². The molecule has 0 heterocycles. The van der Waals surface area contributed by atoms with Gasteiger partial charge in [-0.25, -0.2) is 4.39 Å². The van der Waals surface area contributed by atoms with Crippen LogP contribution in [0, 0.1) is 12.7 Å². The number of benzene rings is 6. The minimum atomic E-state index is -0.155. The van der Waals surface area contributed by atoms with E-state index in [1.807, 2.05) is 24.3 Å². The monoisotopic (exact) mass is 997 g/mol. The van der Waals surface area contributed by atoms with Gasteiger partial charge in [-0.3, -0.25) is 0 Å². The summed E-state index contributed by atoms with van der Waals surface area (Å²) in [5, 5.41) is 0.817. The van der Waals surface area contributed by atoms with Gasteiger partial charge in [0.2, 0.25) is 0 Å². The first-order chi connectivity index (χ1) is 32.7. The minimum Gasteiger partial charge on any atom is -0.207 e. The van der Waals surface area contributed by atoms with Crippen LogP contribution in [0.25, 0.3) is 0 Å². The number of halogens is 2. The molecule has 2 heteroatoms. The highest BCUT2D eigenvalue weighted by Crippen LogP contribution is 2.30. The molecule has 0 fully saturated rings. The lowest BCUT2D eigenvalue weighted by atomic mass is 9.81. The van der Waals surface area contributed by atoms with Crippen LogP contribution in [-0.2, 0) is 44.3 Å². The Morgan fingerprint density at radius 1 is 0.361 bits per heavy atom. The minimum absolute atomic E-state index is 0.0437. The van der Waals surface area contributed by atoms with Crippen LogP contribution in [0.4, 0.5) is 4.39 Å². The Labute approximate surface area is 449 Å². The number of rotatable bonds is 2. The van der Waals surface area contributed by atoms with Crippen LogP contribution in [0.15, 0.2) is 146 Å². The van der Waals surface area contributed by atoms with Crippen LogP contribution in [0.5, 0.6) is 0 Å². The van der Waals surface area contributed by atoms with Crippen molar-refractivity contribution in [3.63, 3.8) is 0 Å². The van der Waals surface area contributed by atoms with E-state index in [1.54, 1.807) is 12.1 Å². The highest BCUT2D eigenvalue weighted by Gasteiger charge is 2.19. The lowest BCUT2D eigenvalue weighted by Crippen LogP contribution is -2.15. The van der Waals surface area contributed by atoms with Gasteiger partial charge >= 0.3 is 0 Å². The molecule has 0 saturated carbocycles. The predicted octanol–water partition coefficient (Wildman–Crippen LogP) is 22.0. The van der Waals surface area contributed by atoms with Crippen molar-refractivity contribution in [1.29, 1.82) is 0 Å². The summed E-state index contributed by atoms with van der Waals surface area (Å²) in [5.41, 5.74) is 15.2. The Bertz CT molecular complexity index is 2320. The highest BCUT2D eigenvalue weighted by molar-refractivity contribution is 6.30. The first-order valence-electron chi connectivity index (χ1n) is 26.6. The fraction of sp³-hybridized carbons (Fsp3) is 0.486. The molecule has 396 valence electrons.